The van der Waals surface area contributed by atoms with E-state index in [2.05, 4.69) is 41.5 Å². The topological polar surface area (TPSA) is 98.0 Å². The number of ketones is 1. The van der Waals surface area contributed by atoms with E-state index in [9.17, 15) is 25.2 Å². The maximum Gasteiger partial charge on any atom is 0.136 e. The summed E-state index contributed by atoms with van der Waals surface area (Å²) in [6.45, 7) is 15.1. The Kier molecular flexibility index (Phi) is 6.89. The molecule has 4 fully saturated rings. The van der Waals surface area contributed by atoms with Gasteiger partial charge in [-0.2, -0.15) is 0 Å². The Balaban J connectivity index is 1.55. The van der Waals surface area contributed by atoms with E-state index in [1.807, 2.05) is 6.92 Å². The van der Waals surface area contributed by atoms with Gasteiger partial charge in [-0.1, -0.05) is 48.5 Å². The summed E-state index contributed by atoms with van der Waals surface area (Å²) in [6, 6.07) is 0. The Morgan fingerprint density at radius 2 is 1.53 bits per heavy atom. The lowest BCUT2D eigenvalue weighted by Gasteiger charge is -2.61. The van der Waals surface area contributed by atoms with Crippen LogP contribution < -0.4 is 0 Å². The zero-order chi connectivity index (χ0) is 25.4. The first kappa shape index (κ1) is 26.6. The number of carbonyl (C=O) groups excluding carboxylic acids is 1. The molecule has 0 saturated heterocycles. The fourth-order valence-electron chi connectivity index (χ4n) is 9.33. The summed E-state index contributed by atoms with van der Waals surface area (Å²) in [7, 11) is 0. The van der Waals surface area contributed by atoms with Crippen LogP contribution in [0.3, 0.4) is 0 Å². The molecule has 0 radical (unpaired) electrons. The van der Waals surface area contributed by atoms with Crippen LogP contribution >= 0.6 is 0 Å². The molecule has 0 aliphatic heterocycles. The normalized spacial score (nSPS) is 48.3. The Labute approximate surface area is 206 Å². The van der Waals surface area contributed by atoms with Crippen molar-refractivity contribution in [1.29, 1.82) is 0 Å². The van der Waals surface area contributed by atoms with Crippen LogP contribution in [0, 0.1) is 57.7 Å². The monoisotopic (exact) mass is 478 g/mol. The molecule has 0 bridgehead atoms. The molecule has 4 rings (SSSR count). The smallest absolute Gasteiger partial charge is 0.136 e. The van der Waals surface area contributed by atoms with E-state index in [-0.39, 0.29) is 39.8 Å². The minimum Gasteiger partial charge on any atom is -0.390 e. The average molecular weight is 479 g/mol. The number of Topliss-reactive ketones (excluding diaryl/α,β-unsaturated/α-hetero) is 1. The molecule has 0 heterocycles. The van der Waals surface area contributed by atoms with Crippen LogP contribution in [0.1, 0.15) is 93.4 Å². The predicted molar refractivity (Wildman–Crippen MR) is 133 cm³/mol. The van der Waals surface area contributed by atoms with Crippen LogP contribution in [0.15, 0.2) is 0 Å². The molecule has 4 aliphatic rings. The number of rotatable bonds is 4. The zero-order valence-electron chi connectivity index (χ0n) is 22.5. The third kappa shape index (κ3) is 4.01. The van der Waals surface area contributed by atoms with Gasteiger partial charge in [0.1, 0.15) is 5.78 Å². The molecule has 5 heteroatoms. The number of hydrogen-bond donors (Lipinski definition) is 4. The number of hydrogen-bond acceptors (Lipinski definition) is 5. The molecule has 196 valence electrons. The number of carbonyl (C=O) groups is 1. The van der Waals surface area contributed by atoms with Crippen molar-refractivity contribution >= 4 is 5.78 Å². The number of aliphatic hydroxyl groups is 4. The van der Waals surface area contributed by atoms with Crippen molar-refractivity contribution in [3.05, 3.63) is 0 Å². The molecule has 0 unspecified atom stereocenters. The summed E-state index contributed by atoms with van der Waals surface area (Å²) in [5.41, 5.74) is -0.253. The highest BCUT2D eigenvalue weighted by Gasteiger charge is 2.63. The molecule has 13 atom stereocenters. The van der Waals surface area contributed by atoms with E-state index < -0.39 is 24.4 Å². The molecular formula is C29H50O5. The third-order valence-corrected chi connectivity index (χ3v) is 12.0. The van der Waals surface area contributed by atoms with Crippen LogP contribution in [-0.2, 0) is 4.79 Å². The van der Waals surface area contributed by atoms with Crippen LogP contribution in [0.25, 0.3) is 0 Å². The van der Waals surface area contributed by atoms with Gasteiger partial charge in [0.05, 0.1) is 24.4 Å². The Morgan fingerprint density at radius 1 is 0.912 bits per heavy atom. The van der Waals surface area contributed by atoms with E-state index >= 15 is 0 Å². The average Bonchev–Trinajstić information content (AvgIpc) is 3.10. The first-order chi connectivity index (χ1) is 15.6. The molecule has 34 heavy (non-hydrogen) atoms. The van der Waals surface area contributed by atoms with Gasteiger partial charge in [0.2, 0.25) is 0 Å². The predicted octanol–water partition coefficient (Wildman–Crippen LogP) is 4.20. The van der Waals surface area contributed by atoms with E-state index in [0.717, 1.165) is 25.7 Å². The Bertz CT molecular complexity index is 775. The summed E-state index contributed by atoms with van der Waals surface area (Å²) in [5, 5.41) is 43.1. The van der Waals surface area contributed by atoms with Crippen molar-refractivity contribution in [2.75, 3.05) is 0 Å². The summed E-state index contributed by atoms with van der Waals surface area (Å²) in [6.07, 6.45) is 2.72. The fraction of sp³-hybridized carbons (Fsp3) is 0.966. The fourth-order valence-corrected chi connectivity index (χ4v) is 9.33. The maximum atomic E-state index is 13.3. The Hall–Kier alpha value is -0.490. The molecule has 0 aromatic carbocycles. The van der Waals surface area contributed by atoms with Gasteiger partial charge in [-0.05, 0) is 90.3 Å². The second kappa shape index (κ2) is 8.82. The summed E-state index contributed by atoms with van der Waals surface area (Å²) in [5.74, 6) is 1.63. The molecule has 0 aromatic rings. The van der Waals surface area contributed by atoms with E-state index in [4.69, 9.17) is 0 Å². The molecule has 0 spiro atoms. The number of aliphatic hydroxyl groups excluding tert-OH is 4. The van der Waals surface area contributed by atoms with Crippen LogP contribution in [0.4, 0.5) is 0 Å². The highest BCUT2D eigenvalue weighted by atomic mass is 16.3. The maximum absolute atomic E-state index is 13.3. The van der Waals surface area contributed by atoms with E-state index in [0.29, 0.717) is 42.9 Å². The minimum atomic E-state index is -0.785. The van der Waals surface area contributed by atoms with Crippen LogP contribution in [0.5, 0.6) is 0 Å². The van der Waals surface area contributed by atoms with Crippen molar-refractivity contribution in [3.8, 4) is 0 Å². The molecule has 5 nitrogen and oxygen atoms in total. The second-order valence-electron chi connectivity index (χ2n) is 14.4. The lowest BCUT2D eigenvalue weighted by molar-refractivity contribution is -0.175. The second-order valence-corrected chi connectivity index (χ2v) is 14.4. The van der Waals surface area contributed by atoms with Crippen LogP contribution in [-0.4, -0.2) is 50.6 Å². The first-order valence-corrected chi connectivity index (χ1v) is 13.9. The van der Waals surface area contributed by atoms with Crippen molar-refractivity contribution in [3.63, 3.8) is 0 Å². The largest absolute Gasteiger partial charge is 0.390 e. The van der Waals surface area contributed by atoms with E-state index in [1.165, 1.54) is 0 Å². The lowest BCUT2D eigenvalue weighted by Crippen LogP contribution is -2.59. The van der Waals surface area contributed by atoms with Crippen molar-refractivity contribution < 1.29 is 25.2 Å². The molecule has 0 aromatic heterocycles. The van der Waals surface area contributed by atoms with Gasteiger partial charge in [-0.3, -0.25) is 4.79 Å². The summed E-state index contributed by atoms with van der Waals surface area (Å²) < 4.78 is 0. The number of fused-ring (bicyclic) bond motifs is 5. The van der Waals surface area contributed by atoms with E-state index in [1.54, 1.807) is 0 Å². The molecule has 0 amide bonds. The van der Waals surface area contributed by atoms with Crippen molar-refractivity contribution in [2.24, 2.45) is 57.7 Å². The van der Waals surface area contributed by atoms with Crippen molar-refractivity contribution in [1.82, 2.24) is 0 Å². The van der Waals surface area contributed by atoms with Crippen molar-refractivity contribution in [2.45, 2.75) is 118 Å². The van der Waals surface area contributed by atoms with Gasteiger partial charge in [0, 0.05) is 12.3 Å². The standard InChI is InChI=1S/C29H50O5/c1-15(25(33)26(34)16(2)27(3,4)5)18-8-9-19-17-12-22(30)21-13-23(31)24(32)14-29(21,7)20(17)10-11-28(18,19)6/h15-21,23-26,31-34H,8-14H2,1-7H3/t15-,16+,17-,18+,19-,20-,21+,23-,24+,25+,26+,28+,29+/m0/s1. The molecule has 4 N–H and O–H groups in total. The van der Waals surface area contributed by atoms with Gasteiger partial charge < -0.3 is 20.4 Å². The molecule has 4 aliphatic carbocycles. The zero-order valence-corrected chi connectivity index (χ0v) is 22.5. The Morgan fingerprint density at radius 3 is 2.15 bits per heavy atom. The van der Waals surface area contributed by atoms with Gasteiger partial charge >= 0.3 is 0 Å². The minimum absolute atomic E-state index is 0.000581. The van der Waals surface area contributed by atoms with Gasteiger partial charge in [0.15, 0.2) is 0 Å². The SMILES string of the molecule is C[C@H]([C@@H](O)[C@H](O)[C@@H](C)C(C)(C)C)[C@H]1CC[C@H]2[C@@H]3CC(=O)[C@H]4C[C@H](O)[C@H](O)C[C@]4(C)[C@H]3CC[C@]12C. The van der Waals surface area contributed by atoms with Gasteiger partial charge in [-0.15, -0.1) is 0 Å². The molecular weight excluding hydrogens is 428 g/mol. The van der Waals surface area contributed by atoms with Crippen LogP contribution in [0.2, 0.25) is 0 Å². The summed E-state index contributed by atoms with van der Waals surface area (Å²) >= 11 is 0. The summed E-state index contributed by atoms with van der Waals surface area (Å²) in [4.78, 5) is 13.3. The highest BCUT2D eigenvalue weighted by Crippen LogP contribution is 2.68. The quantitative estimate of drug-likeness (QED) is 0.486. The first-order valence-electron chi connectivity index (χ1n) is 13.9. The lowest BCUT2D eigenvalue weighted by atomic mass is 9.44. The third-order valence-electron chi connectivity index (χ3n) is 12.0. The highest BCUT2D eigenvalue weighted by molar-refractivity contribution is 5.83. The van der Waals surface area contributed by atoms with Gasteiger partial charge in [-0.25, -0.2) is 0 Å². The molecule has 4 saturated carbocycles. The van der Waals surface area contributed by atoms with Gasteiger partial charge in [0.25, 0.3) is 0 Å².